The third kappa shape index (κ3) is 11.6. The highest BCUT2D eigenvalue weighted by Gasteiger charge is 2.03. The van der Waals surface area contributed by atoms with Crippen LogP contribution in [0.5, 0.6) is 5.75 Å². The Morgan fingerprint density at radius 2 is 1.36 bits per heavy atom. The van der Waals surface area contributed by atoms with Gasteiger partial charge in [0.1, 0.15) is 5.75 Å². The topological polar surface area (TPSA) is 46.5 Å². The van der Waals surface area contributed by atoms with Crippen molar-refractivity contribution in [3.05, 3.63) is 29.8 Å². The molecule has 0 spiro atoms. The first-order chi connectivity index (χ1) is 12.2. The summed E-state index contributed by atoms with van der Waals surface area (Å²) in [5.41, 5.74) is 0.280. The van der Waals surface area contributed by atoms with E-state index in [9.17, 15) is 4.79 Å². The van der Waals surface area contributed by atoms with Gasteiger partial charge in [-0.25, -0.2) is 4.79 Å². The van der Waals surface area contributed by atoms with Crippen LogP contribution in [0.1, 0.15) is 101 Å². The second kappa shape index (κ2) is 14.8. The van der Waals surface area contributed by atoms with Crippen LogP contribution >= 0.6 is 0 Å². The lowest BCUT2D eigenvalue weighted by Crippen LogP contribution is -2.00. The van der Waals surface area contributed by atoms with Gasteiger partial charge >= 0.3 is 5.97 Å². The molecule has 0 aliphatic carbocycles. The molecular weight excluding hydrogens is 312 g/mol. The summed E-state index contributed by atoms with van der Waals surface area (Å²) in [7, 11) is 0. The number of hydrogen-bond donors (Lipinski definition) is 1. The molecule has 1 N–H and O–H groups in total. The largest absolute Gasteiger partial charge is 0.494 e. The summed E-state index contributed by atoms with van der Waals surface area (Å²) in [4.78, 5) is 10.9. The molecule has 0 radical (unpaired) electrons. The molecule has 0 aliphatic rings. The van der Waals surface area contributed by atoms with Crippen LogP contribution in [0, 0.1) is 0 Å². The van der Waals surface area contributed by atoms with Crippen molar-refractivity contribution in [3.8, 4) is 5.75 Å². The van der Waals surface area contributed by atoms with Crippen molar-refractivity contribution < 1.29 is 14.6 Å². The molecule has 0 saturated heterocycles. The van der Waals surface area contributed by atoms with Gasteiger partial charge in [0.15, 0.2) is 0 Å². The Hall–Kier alpha value is -1.51. The van der Waals surface area contributed by atoms with E-state index in [1.807, 2.05) is 6.07 Å². The average Bonchev–Trinajstić information content (AvgIpc) is 2.62. The van der Waals surface area contributed by atoms with Crippen molar-refractivity contribution in [2.75, 3.05) is 6.61 Å². The lowest BCUT2D eigenvalue weighted by atomic mass is 10.0. The number of benzene rings is 1. The quantitative estimate of drug-likeness (QED) is 0.332. The maximum Gasteiger partial charge on any atom is 0.335 e. The zero-order valence-electron chi connectivity index (χ0n) is 16.0. The van der Waals surface area contributed by atoms with Crippen LogP contribution < -0.4 is 4.74 Å². The smallest absolute Gasteiger partial charge is 0.335 e. The van der Waals surface area contributed by atoms with E-state index in [-0.39, 0.29) is 5.56 Å². The minimum absolute atomic E-state index is 0.280. The third-order valence-electron chi connectivity index (χ3n) is 4.60. The zero-order chi connectivity index (χ0) is 18.2. The Morgan fingerprint density at radius 1 is 0.840 bits per heavy atom. The maximum atomic E-state index is 10.9. The van der Waals surface area contributed by atoms with E-state index in [2.05, 4.69) is 6.92 Å². The summed E-state index contributed by atoms with van der Waals surface area (Å²) < 4.78 is 5.63. The fourth-order valence-electron chi connectivity index (χ4n) is 3.03. The highest BCUT2D eigenvalue weighted by Crippen LogP contribution is 2.15. The fraction of sp³-hybridized carbons (Fsp3) is 0.682. The molecule has 0 heterocycles. The summed E-state index contributed by atoms with van der Waals surface area (Å²) in [6.07, 6.45) is 17.4. The third-order valence-corrected chi connectivity index (χ3v) is 4.60. The van der Waals surface area contributed by atoms with Gasteiger partial charge in [0.05, 0.1) is 12.2 Å². The van der Waals surface area contributed by atoms with Crippen molar-refractivity contribution in [2.45, 2.75) is 90.4 Å². The van der Waals surface area contributed by atoms with Crippen LogP contribution in [-0.2, 0) is 0 Å². The molecule has 0 atom stereocenters. The SMILES string of the molecule is CCCCCCCCCCCCCCCOc1cccc(C(=O)O)c1. The molecule has 0 unspecified atom stereocenters. The summed E-state index contributed by atoms with van der Waals surface area (Å²) in [6, 6.07) is 6.71. The highest BCUT2D eigenvalue weighted by atomic mass is 16.5. The molecule has 3 nitrogen and oxygen atoms in total. The van der Waals surface area contributed by atoms with E-state index in [0.29, 0.717) is 12.4 Å². The van der Waals surface area contributed by atoms with Gasteiger partial charge in [-0.1, -0.05) is 90.0 Å². The van der Waals surface area contributed by atoms with Gasteiger partial charge in [-0.15, -0.1) is 0 Å². The Labute approximate surface area is 153 Å². The van der Waals surface area contributed by atoms with Crippen LogP contribution in [0.15, 0.2) is 24.3 Å². The Bertz CT molecular complexity index is 456. The van der Waals surface area contributed by atoms with Crippen LogP contribution in [0.4, 0.5) is 0 Å². The zero-order valence-corrected chi connectivity index (χ0v) is 16.0. The number of carbonyl (C=O) groups is 1. The number of unbranched alkanes of at least 4 members (excludes halogenated alkanes) is 12. The molecule has 3 heteroatoms. The van der Waals surface area contributed by atoms with Crippen molar-refractivity contribution in [1.82, 2.24) is 0 Å². The molecule has 0 amide bonds. The van der Waals surface area contributed by atoms with Gasteiger partial charge < -0.3 is 9.84 Å². The van der Waals surface area contributed by atoms with Crippen molar-refractivity contribution in [2.24, 2.45) is 0 Å². The van der Waals surface area contributed by atoms with Crippen molar-refractivity contribution in [3.63, 3.8) is 0 Å². The lowest BCUT2D eigenvalue weighted by Gasteiger charge is -2.07. The molecule has 0 bridgehead atoms. The minimum atomic E-state index is -0.911. The first-order valence-corrected chi connectivity index (χ1v) is 10.2. The van der Waals surface area contributed by atoms with E-state index >= 15 is 0 Å². The van der Waals surface area contributed by atoms with Crippen LogP contribution in [0.3, 0.4) is 0 Å². The van der Waals surface area contributed by atoms with Crippen LogP contribution in [0.2, 0.25) is 0 Å². The van der Waals surface area contributed by atoms with Gasteiger partial charge in [-0.3, -0.25) is 0 Å². The number of hydrogen-bond acceptors (Lipinski definition) is 2. The van der Waals surface area contributed by atoms with Gasteiger partial charge in [0.2, 0.25) is 0 Å². The predicted molar refractivity (Wildman–Crippen MR) is 105 cm³/mol. The van der Waals surface area contributed by atoms with Gasteiger partial charge in [0, 0.05) is 0 Å². The molecule has 142 valence electrons. The van der Waals surface area contributed by atoms with Gasteiger partial charge in [-0.2, -0.15) is 0 Å². The molecule has 1 rings (SSSR count). The standard InChI is InChI=1S/C22H36O3/c1-2-3-4-5-6-7-8-9-10-11-12-13-14-18-25-21-17-15-16-20(19-21)22(23)24/h15-17,19H,2-14,18H2,1H3,(H,23,24). The number of carboxylic acids is 1. The maximum absolute atomic E-state index is 10.9. The molecule has 25 heavy (non-hydrogen) atoms. The van der Waals surface area contributed by atoms with E-state index in [1.165, 1.54) is 77.0 Å². The number of carboxylic acid groups (broad SMARTS) is 1. The van der Waals surface area contributed by atoms with E-state index < -0.39 is 5.97 Å². The summed E-state index contributed by atoms with van der Waals surface area (Å²) in [5.74, 6) is -0.259. The summed E-state index contributed by atoms with van der Waals surface area (Å²) in [6.45, 7) is 2.93. The van der Waals surface area contributed by atoms with Crippen LogP contribution in [0.25, 0.3) is 0 Å². The first-order valence-electron chi connectivity index (χ1n) is 10.2. The second-order valence-corrected chi connectivity index (χ2v) is 6.92. The fourth-order valence-corrected chi connectivity index (χ4v) is 3.03. The Morgan fingerprint density at radius 3 is 1.88 bits per heavy atom. The first kappa shape index (κ1) is 21.5. The number of rotatable bonds is 16. The minimum Gasteiger partial charge on any atom is -0.494 e. The summed E-state index contributed by atoms with van der Waals surface area (Å²) >= 11 is 0. The normalized spacial score (nSPS) is 10.8. The van der Waals surface area contributed by atoms with Gasteiger partial charge in [0.25, 0.3) is 0 Å². The molecule has 0 fully saturated rings. The van der Waals surface area contributed by atoms with E-state index in [0.717, 1.165) is 6.42 Å². The number of aromatic carboxylic acids is 1. The molecular formula is C22H36O3. The van der Waals surface area contributed by atoms with Gasteiger partial charge in [-0.05, 0) is 24.6 Å². The summed E-state index contributed by atoms with van der Waals surface area (Å²) in [5, 5.41) is 8.95. The molecule has 1 aromatic carbocycles. The average molecular weight is 349 g/mol. The molecule has 0 aromatic heterocycles. The van der Waals surface area contributed by atoms with Crippen LogP contribution in [-0.4, -0.2) is 17.7 Å². The van der Waals surface area contributed by atoms with E-state index in [4.69, 9.17) is 9.84 Å². The predicted octanol–water partition coefficient (Wildman–Crippen LogP) is 6.85. The van der Waals surface area contributed by atoms with E-state index in [1.54, 1.807) is 18.2 Å². The molecule has 0 aliphatic heterocycles. The monoisotopic (exact) mass is 348 g/mol. The lowest BCUT2D eigenvalue weighted by molar-refractivity contribution is 0.0696. The van der Waals surface area contributed by atoms with Crippen molar-refractivity contribution >= 4 is 5.97 Å². The number of ether oxygens (including phenoxy) is 1. The Balaban J connectivity index is 1.87. The van der Waals surface area contributed by atoms with Crippen molar-refractivity contribution in [1.29, 1.82) is 0 Å². The Kier molecular flexibility index (Phi) is 12.7. The second-order valence-electron chi connectivity index (χ2n) is 6.92. The highest BCUT2D eigenvalue weighted by molar-refractivity contribution is 5.87. The molecule has 0 saturated carbocycles. The molecule has 1 aromatic rings.